The van der Waals surface area contributed by atoms with E-state index < -0.39 is 5.60 Å². The van der Waals surface area contributed by atoms with Crippen molar-refractivity contribution in [1.29, 1.82) is 0 Å². The maximum Gasteiger partial charge on any atom is 0.270 e. The number of hydrogen-bond acceptors (Lipinski definition) is 4. The van der Waals surface area contributed by atoms with Crippen molar-refractivity contribution in [3.63, 3.8) is 0 Å². The van der Waals surface area contributed by atoms with E-state index in [0.29, 0.717) is 12.3 Å². The summed E-state index contributed by atoms with van der Waals surface area (Å²) in [5.41, 5.74) is 0.0792. The molecule has 0 saturated carbocycles. The number of nitrogens with zero attached hydrogens (tertiary/aromatic N) is 1. The Morgan fingerprint density at radius 3 is 2.75 bits per heavy atom. The van der Waals surface area contributed by atoms with Crippen molar-refractivity contribution in [3.8, 4) is 17.0 Å². The topological polar surface area (TPSA) is 75.2 Å². The summed E-state index contributed by atoms with van der Waals surface area (Å²) in [6, 6.07) is 9.03. The molecular formula is C15H18N2O3. The van der Waals surface area contributed by atoms with Crippen molar-refractivity contribution >= 4 is 0 Å². The Kier molecular flexibility index (Phi) is 3.90. The van der Waals surface area contributed by atoms with E-state index in [-0.39, 0.29) is 11.1 Å². The lowest BCUT2D eigenvalue weighted by Gasteiger charge is -2.16. The summed E-state index contributed by atoms with van der Waals surface area (Å²) in [5, 5.41) is 16.4. The number of aromatic nitrogens is 2. The fraction of sp³-hybridized carbons (Fsp3) is 0.333. The highest BCUT2D eigenvalue weighted by Gasteiger charge is 2.21. The minimum atomic E-state index is -1.22. The highest BCUT2D eigenvalue weighted by Crippen LogP contribution is 2.24. The van der Waals surface area contributed by atoms with Gasteiger partial charge in [-0.15, -0.1) is 0 Å². The van der Waals surface area contributed by atoms with E-state index in [9.17, 15) is 9.90 Å². The van der Waals surface area contributed by atoms with Crippen LogP contribution in [0.2, 0.25) is 0 Å². The van der Waals surface area contributed by atoms with Crippen LogP contribution < -0.4 is 10.3 Å². The second-order valence-corrected chi connectivity index (χ2v) is 5.02. The molecule has 0 bridgehead atoms. The molecule has 0 spiro atoms. The van der Waals surface area contributed by atoms with Crippen LogP contribution in [-0.2, 0) is 5.60 Å². The summed E-state index contributed by atoms with van der Waals surface area (Å²) in [5.74, 6) is 0.739. The average molecular weight is 274 g/mol. The maximum atomic E-state index is 11.7. The van der Waals surface area contributed by atoms with Crippen molar-refractivity contribution in [2.45, 2.75) is 26.4 Å². The Bertz CT molecular complexity index is 657. The minimum absolute atomic E-state index is 0.282. The SMILES string of the molecule is CCOc1cccc(-c2cc(C(C)(C)O)c(=O)[nH]n2)c1. The average Bonchev–Trinajstić information content (AvgIpc) is 2.38. The van der Waals surface area contributed by atoms with Gasteiger partial charge in [0.05, 0.1) is 23.5 Å². The molecule has 0 amide bonds. The molecule has 20 heavy (non-hydrogen) atoms. The summed E-state index contributed by atoms with van der Waals surface area (Å²) in [6.45, 7) is 5.63. The predicted octanol–water partition coefficient (Wildman–Crippen LogP) is 2.06. The molecule has 2 rings (SSSR count). The molecule has 0 fully saturated rings. The molecule has 0 atom stereocenters. The molecule has 2 N–H and O–H groups in total. The lowest BCUT2D eigenvalue weighted by atomic mass is 9.98. The van der Waals surface area contributed by atoms with Crippen molar-refractivity contribution < 1.29 is 9.84 Å². The van der Waals surface area contributed by atoms with Gasteiger partial charge in [-0.3, -0.25) is 4.79 Å². The normalized spacial score (nSPS) is 11.4. The Morgan fingerprint density at radius 2 is 2.10 bits per heavy atom. The van der Waals surface area contributed by atoms with Crippen LogP contribution in [0.25, 0.3) is 11.3 Å². The maximum absolute atomic E-state index is 11.7. The number of rotatable bonds is 4. The van der Waals surface area contributed by atoms with Crippen LogP contribution in [0.4, 0.5) is 0 Å². The van der Waals surface area contributed by atoms with Crippen molar-refractivity contribution in [1.82, 2.24) is 10.2 Å². The molecule has 0 aliphatic heterocycles. The second kappa shape index (κ2) is 5.46. The van der Waals surface area contributed by atoms with Crippen molar-refractivity contribution in [3.05, 3.63) is 46.2 Å². The van der Waals surface area contributed by atoms with Crippen LogP contribution in [-0.4, -0.2) is 21.9 Å². The molecule has 0 saturated heterocycles. The molecule has 0 radical (unpaired) electrons. The zero-order chi connectivity index (χ0) is 14.8. The zero-order valence-electron chi connectivity index (χ0n) is 11.8. The molecular weight excluding hydrogens is 256 g/mol. The Labute approximate surface area is 117 Å². The van der Waals surface area contributed by atoms with Gasteiger partial charge in [-0.05, 0) is 39.0 Å². The van der Waals surface area contributed by atoms with E-state index in [1.165, 1.54) is 0 Å². The molecule has 0 aliphatic carbocycles. The molecule has 1 heterocycles. The lowest BCUT2D eigenvalue weighted by Crippen LogP contribution is -2.27. The number of aliphatic hydroxyl groups is 1. The fourth-order valence-electron chi connectivity index (χ4n) is 1.92. The van der Waals surface area contributed by atoms with Gasteiger partial charge in [0.25, 0.3) is 5.56 Å². The van der Waals surface area contributed by atoms with Gasteiger partial charge >= 0.3 is 0 Å². The van der Waals surface area contributed by atoms with Gasteiger partial charge in [-0.25, -0.2) is 5.10 Å². The lowest BCUT2D eigenvalue weighted by molar-refractivity contribution is 0.0769. The van der Waals surface area contributed by atoms with Crippen LogP contribution >= 0.6 is 0 Å². The highest BCUT2D eigenvalue weighted by molar-refractivity contribution is 5.61. The molecule has 1 aromatic heterocycles. The van der Waals surface area contributed by atoms with E-state index >= 15 is 0 Å². The van der Waals surface area contributed by atoms with Gasteiger partial charge in [0, 0.05) is 5.56 Å². The van der Waals surface area contributed by atoms with E-state index in [2.05, 4.69) is 10.2 Å². The third-order valence-corrected chi connectivity index (χ3v) is 2.90. The number of benzene rings is 1. The quantitative estimate of drug-likeness (QED) is 0.895. The standard InChI is InChI=1S/C15H18N2O3/c1-4-20-11-7-5-6-10(8-11)13-9-12(15(2,3)19)14(18)17-16-13/h5-9,19H,4H2,1-3H3,(H,17,18). The van der Waals surface area contributed by atoms with Gasteiger partial charge < -0.3 is 9.84 Å². The van der Waals surface area contributed by atoms with Crippen LogP contribution in [0.15, 0.2) is 35.1 Å². The fourth-order valence-corrected chi connectivity index (χ4v) is 1.92. The first-order valence-electron chi connectivity index (χ1n) is 6.47. The van der Waals surface area contributed by atoms with Gasteiger partial charge in [0.1, 0.15) is 5.75 Å². The zero-order valence-corrected chi connectivity index (χ0v) is 11.8. The molecule has 5 nitrogen and oxygen atoms in total. The third kappa shape index (κ3) is 3.05. The van der Waals surface area contributed by atoms with Gasteiger partial charge in [-0.2, -0.15) is 5.10 Å². The van der Waals surface area contributed by atoms with E-state index in [1.54, 1.807) is 19.9 Å². The van der Waals surface area contributed by atoms with Gasteiger partial charge in [0.15, 0.2) is 0 Å². The second-order valence-electron chi connectivity index (χ2n) is 5.02. The molecule has 0 unspecified atom stereocenters. The summed E-state index contributed by atoms with van der Waals surface area (Å²) in [6.07, 6.45) is 0. The largest absolute Gasteiger partial charge is 0.494 e. The first kappa shape index (κ1) is 14.3. The summed E-state index contributed by atoms with van der Waals surface area (Å²) < 4.78 is 5.44. The molecule has 2 aromatic rings. The molecule has 106 valence electrons. The first-order chi connectivity index (χ1) is 9.41. The van der Waals surface area contributed by atoms with Crippen LogP contribution in [0.5, 0.6) is 5.75 Å². The van der Waals surface area contributed by atoms with Crippen molar-refractivity contribution in [2.24, 2.45) is 0 Å². The molecule has 5 heteroatoms. The summed E-state index contributed by atoms with van der Waals surface area (Å²) in [7, 11) is 0. The van der Waals surface area contributed by atoms with Crippen LogP contribution in [0, 0.1) is 0 Å². The Balaban J connectivity index is 2.48. The number of aromatic amines is 1. The number of H-pyrrole nitrogens is 1. The Morgan fingerprint density at radius 1 is 1.35 bits per heavy atom. The summed E-state index contributed by atoms with van der Waals surface area (Å²) >= 11 is 0. The highest BCUT2D eigenvalue weighted by atomic mass is 16.5. The molecule has 0 aliphatic rings. The van der Waals surface area contributed by atoms with Crippen molar-refractivity contribution in [2.75, 3.05) is 6.61 Å². The smallest absolute Gasteiger partial charge is 0.270 e. The van der Waals surface area contributed by atoms with E-state index in [0.717, 1.165) is 11.3 Å². The third-order valence-electron chi connectivity index (χ3n) is 2.90. The number of ether oxygens (including phenoxy) is 1. The van der Waals surface area contributed by atoms with Gasteiger partial charge in [0.2, 0.25) is 0 Å². The molecule has 1 aromatic carbocycles. The van der Waals surface area contributed by atoms with Crippen LogP contribution in [0.3, 0.4) is 0 Å². The Hall–Kier alpha value is -2.14. The summed E-state index contributed by atoms with van der Waals surface area (Å²) in [4.78, 5) is 11.7. The van der Waals surface area contributed by atoms with Crippen LogP contribution in [0.1, 0.15) is 26.3 Å². The number of nitrogens with one attached hydrogen (secondary N) is 1. The predicted molar refractivity (Wildman–Crippen MR) is 76.7 cm³/mol. The first-order valence-corrected chi connectivity index (χ1v) is 6.47. The monoisotopic (exact) mass is 274 g/mol. The van der Waals surface area contributed by atoms with E-state index in [4.69, 9.17) is 4.74 Å². The minimum Gasteiger partial charge on any atom is -0.494 e. The number of hydrogen-bond donors (Lipinski definition) is 2. The van der Waals surface area contributed by atoms with E-state index in [1.807, 2.05) is 31.2 Å². The van der Waals surface area contributed by atoms with Gasteiger partial charge in [-0.1, -0.05) is 12.1 Å².